The van der Waals surface area contributed by atoms with Crippen molar-refractivity contribution < 1.29 is 9.47 Å². The van der Waals surface area contributed by atoms with E-state index in [1.165, 1.54) is 0 Å². The molecule has 4 heterocycles. The van der Waals surface area contributed by atoms with Crippen LogP contribution in [0.5, 0.6) is 0 Å². The highest BCUT2D eigenvalue weighted by atomic mass is 16.5. The predicted molar refractivity (Wildman–Crippen MR) is 109 cm³/mol. The van der Waals surface area contributed by atoms with Crippen LogP contribution in [-0.2, 0) is 22.6 Å². The Morgan fingerprint density at radius 3 is 3.00 bits per heavy atom. The molecular weight excluding hydrogens is 384 g/mol. The maximum atomic E-state index is 6.23. The highest BCUT2D eigenvalue weighted by Crippen LogP contribution is 2.39. The molecule has 0 radical (unpaired) electrons. The van der Waals surface area contributed by atoms with Crippen LogP contribution in [0.1, 0.15) is 43.7 Å². The summed E-state index contributed by atoms with van der Waals surface area (Å²) in [6.45, 7) is 5.10. The van der Waals surface area contributed by atoms with Crippen molar-refractivity contribution in [1.29, 1.82) is 0 Å². The van der Waals surface area contributed by atoms with Crippen LogP contribution in [0.3, 0.4) is 0 Å². The van der Waals surface area contributed by atoms with Crippen LogP contribution in [0.15, 0.2) is 18.7 Å². The lowest BCUT2D eigenvalue weighted by Gasteiger charge is -2.34. The van der Waals surface area contributed by atoms with Crippen molar-refractivity contribution in [3.63, 3.8) is 0 Å². The minimum atomic E-state index is 0.115. The van der Waals surface area contributed by atoms with Gasteiger partial charge in [0.15, 0.2) is 0 Å². The molecule has 1 aliphatic carbocycles. The van der Waals surface area contributed by atoms with Crippen LogP contribution >= 0.6 is 0 Å². The first-order valence-electron chi connectivity index (χ1n) is 10.8. The first kappa shape index (κ1) is 19.8. The summed E-state index contributed by atoms with van der Waals surface area (Å²) in [6, 6.07) is 2.71. The Hall–Kier alpha value is -2.14. The van der Waals surface area contributed by atoms with Gasteiger partial charge in [0, 0.05) is 31.7 Å². The number of rotatable bonds is 6. The molecule has 4 unspecified atom stereocenters. The molecule has 0 aromatic carbocycles. The van der Waals surface area contributed by atoms with Crippen LogP contribution in [0.2, 0.25) is 0 Å². The van der Waals surface area contributed by atoms with Crippen LogP contribution in [0, 0.1) is 5.92 Å². The molecule has 0 bridgehead atoms. The lowest BCUT2D eigenvalue weighted by molar-refractivity contribution is -0.0623. The number of aromatic nitrogens is 5. The normalized spacial score (nSPS) is 29.5. The monoisotopic (exact) mass is 414 g/mol. The van der Waals surface area contributed by atoms with Crippen molar-refractivity contribution in [2.24, 2.45) is 5.92 Å². The van der Waals surface area contributed by atoms with E-state index in [1.54, 1.807) is 19.8 Å². The first-order chi connectivity index (χ1) is 14.7. The highest BCUT2D eigenvalue weighted by Gasteiger charge is 2.42. The second-order valence-corrected chi connectivity index (χ2v) is 8.50. The van der Waals surface area contributed by atoms with Gasteiger partial charge in [0.05, 0.1) is 43.6 Å². The molecule has 162 valence electrons. The Labute approximate surface area is 176 Å². The van der Waals surface area contributed by atoms with E-state index in [-0.39, 0.29) is 18.2 Å². The largest absolute Gasteiger partial charge is 0.382 e. The third kappa shape index (κ3) is 3.92. The smallest absolute Gasteiger partial charge is 0.146 e. The fourth-order valence-electron chi connectivity index (χ4n) is 5.00. The summed E-state index contributed by atoms with van der Waals surface area (Å²) in [7, 11) is 1.72. The van der Waals surface area contributed by atoms with Crippen molar-refractivity contribution in [2.75, 3.05) is 25.2 Å². The molecule has 30 heavy (non-hydrogen) atoms. The van der Waals surface area contributed by atoms with Gasteiger partial charge in [0.25, 0.3) is 0 Å². The fourth-order valence-corrected chi connectivity index (χ4v) is 5.00. The molecule has 0 spiro atoms. The number of methoxy groups -OCH3 is 1. The standard InChI is InChI=1S/C20H30N8O2/c1-13(10-29-2)30-14-3-4-16-15(7-14)20(26-25-16)17-8-18(22-11-21-17)27-5-6-28-19(9-27)23-12-24-28/h8,11-16,20,25-26H,3-7,9-10H2,1-2H3/t13-,14?,15?,16?,20?/m0/s1. The lowest BCUT2D eigenvalue weighted by atomic mass is 9.79. The number of nitrogens with one attached hydrogen (secondary N) is 2. The van der Waals surface area contributed by atoms with Crippen LogP contribution in [-0.4, -0.2) is 63.2 Å². The number of hydrazine groups is 1. The van der Waals surface area contributed by atoms with Gasteiger partial charge in [0.2, 0.25) is 0 Å². The average molecular weight is 415 g/mol. The molecule has 2 aromatic rings. The van der Waals surface area contributed by atoms with E-state index < -0.39 is 0 Å². The summed E-state index contributed by atoms with van der Waals surface area (Å²) in [5.74, 6) is 2.35. The molecule has 2 N–H and O–H groups in total. The Morgan fingerprint density at radius 1 is 1.17 bits per heavy atom. The number of hydrogen-bond acceptors (Lipinski definition) is 9. The van der Waals surface area contributed by atoms with Crippen LogP contribution in [0.4, 0.5) is 5.82 Å². The maximum Gasteiger partial charge on any atom is 0.146 e. The van der Waals surface area contributed by atoms with Crippen LogP contribution in [0.25, 0.3) is 0 Å². The van der Waals surface area contributed by atoms with E-state index >= 15 is 0 Å². The van der Waals surface area contributed by atoms with Crippen molar-refractivity contribution in [1.82, 2.24) is 35.6 Å². The van der Waals surface area contributed by atoms with Gasteiger partial charge in [-0.3, -0.25) is 5.43 Å². The van der Waals surface area contributed by atoms with Gasteiger partial charge in [-0.25, -0.2) is 25.1 Å². The first-order valence-corrected chi connectivity index (χ1v) is 10.8. The van der Waals surface area contributed by atoms with Gasteiger partial charge in [-0.05, 0) is 26.2 Å². The summed E-state index contributed by atoms with van der Waals surface area (Å²) in [6.07, 6.45) is 6.84. The quantitative estimate of drug-likeness (QED) is 0.711. The molecule has 1 saturated carbocycles. The predicted octanol–water partition coefficient (Wildman–Crippen LogP) is 0.826. The molecule has 10 heteroatoms. The summed E-state index contributed by atoms with van der Waals surface area (Å²) in [5.41, 5.74) is 8.00. The van der Waals surface area contributed by atoms with Crippen LogP contribution < -0.4 is 15.8 Å². The molecule has 2 aromatic heterocycles. The van der Waals surface area contributed by atoms with Gasteiger partial charge in [-0.15, -0.1) is 0 Å². The lowest BCUT2D eigenvalue weighted by Crippen LogP contribution is -2.38. The van der Waals surface area contributed by atoms with E-state index in [0.29, 0.717) is 25.1 Å². The molecule has 0 amide bonds. The molecule has 5 rings (SSSR count). The SMILES string of the molecule is COC[C@H](C)OC1CCC2NNC(c3cc(N4CCn5ncnc5C4)ncn3)C2C1. The summed E-state index contributed by atoms with van der Waals surface area (Å²) >= 11 is 0. The topological polar surface area (TPSA) is 102 Å². The zero-order valence-electron chi connectivity index (χ0n) is 17.6. The Balaban J connectivity index is 1.29. The van der Waals surface area contributed by atoms with Gasteiger partial charge < -0.3 is 14.4 Å². The summed E-state index contributed by atoms with van der Waals surface area (Å²) < 4.78 is 13.4. The molecule has 5 atom stereocenters. The van der Waals surface area contributed by atoms with E-state index in [2.05, 4.69) is 48.8 Å². The van der Waals surface area contributed by atoms with E-state index in [0.717, 1.165) is 49.7 Å². The maximum absolute atomic E-state index is 6.23. The summed E-state index contributed by atoms with van der Waals surface area (Å²) in [4.78, 5) is 15.8. The molecular formula is C20H30N8O2. The Kier molecular flexibility index (Phi) is 5.64. The number of anilines is 1. The number of ether oxygens (including phenoxy) is 2. The number of nitrogens with zero attached hydrogens (tertiary/aromatic N) is 6. The fraction of sp³-hybridized carbons (Fsp3) is 0.700. The summed E-state index contributed by atoms with van der Waals surface area (Å²) in [5, 5.41) is 4.26. The van der Waals surface area contributed by atoms with Gasteiger partial charge in [0.1, 0.15) is 24.3 Å². The van der Waals surface area contributed by atoms with Crippen molar-refractivity contribution in [2.45, 2.75) is 63.6 Å². The molecule has 1 saturated heterocycles. The van der Waals surface area contributed by atoms with Crippen molar-refractivity contribution >= 4 is 5.82 Å². The third-order valence-corrected chi connectivity index (χ3v) is 6.46. The number of hydrogen-bond donors (Lipinski definition) is 2. The average Bonchev–Trinajstić information content (AvgIpc) is 3.40. The minimum Gasteiger partial charge on any atom is -0.382 e. The van der Waals surface area contributed by atoms with Crippen molar-refractivity contribution in [3.05, 3.63) is 30.2 Å². The molecule has 10 nitrogen and oxygen atoms in total. The molecule has 2 fully saturated rings. The second kappa shape index (κ2) is 8.54. The molecule has 2 aliphatic heterocycles. The van der Waals surface area contributed by atoms with E-state index in [4.69, 9.17) is 9.47 Å². The van der Waals surface area contributed by atoms with Gasteiger partial charge >= 0.3 is 0 Å². The van der Waals surface area contributed by atoms with Crippen molar-refractivity contribution in [3.8, 4) is 0 Å². The van der Waals surface area contributed by atoms with E-state index in [9.17, 15) is 0 Å². The second-order valence-electron chi connectivity index (χ2n) is 8.50. The Bertz CT molecular complexity index is 861. The minimum absolute atomic E-state index is 0.115. The number of fused-ring (bicyclic) bond motifs is 2. The Morgan fingerprint density at radius 2 is 2.10 bits per heavy atom. The zero-order chi connectivity index (χ0) is 20.5. The van der Waals surface area contributed by atoms with E-state index in [1.807, 2.05) is 4.68 Å². The zero-order valence-corrected chi connectivity index (χ0v) is 17.6. The van der Waals surface area contributed by atoms with Gasteiger partial charge in [-0.1, -0.05) is 0 Å². The van der Waals surface area contributed by atoms with Gasteiger partial charge in [-0.2, -0.15) is 5.10 Å². The highest BCUT2D eigenvalue weighted by molar-refractivity contribution is 5.40. The third-order valence-electron chi connectivity index (χ3n) is 6.46. The molecule has 3 aliphatic rings.